The van der Waals surface area contributed by atoms with Crippen molar-refractivity contribution in [3.05, 3.63) is 33.4 Å². The van der Waals surface area contributed by atoms with Crippen molar-refractivity contribution in [3.63, 3.8) is 0 Å². The quantitative estimate of drug-likeness (QED) is 0.832. The fourth-order valence-corrected chi connectivity index (χ4v) is 1.35. The van der Waals surface area contributed by atoms with Crippen LogP contribution in [0.2, 0.25) is 0 Å². The normalized spacial score (nSPS) is 15.4. The van der Waals surface area contributed by atoms with E-state index in [0.717, 1.165) is 3.57 Å². The van der Waals surface area contributed by atoms with Crippen LogP contribution >= 0.6 is 22.6 Å². The van der Waals surface area contributed by atoms with Crippen LogP contribution in [0.3, 0.4) is 0 Å². The third-order valence-electron chi connectivity index (χ3n) is 1.80. The molecule has 0 aliphatic rings. The second-order valence-electron chi connectivity index (χ2n) is 2.81. The van der Waals surface area contributed by atoms with Gasteiger partial charge in [0.25, 0.3) is 0 Å². The Morgan fingerprint density at radius 2 is 1.92 bits per heavy atom. The Balaban J connectivity index is 2.77. The molecule has 0 spiro atoms. The molecular weight excluding hydrogens is 284 g/mol. The molecule has 3 N–H and O–H groups in total. The van der Waals surface area contributed by atoms with E-state index >= 15 is 0 Å². The zero-order valence-corrected chi connectivity index (χ0v) is 9.11. The van der Waals surface area contributed by atoms with Gasteiger partial charge in [-0.05, 0) is 40.3 Å². The van der Waals surface area contributed by atoms with Crippen molar-refractivity contribution in [2.24, 2.45) is 5.73 Å². The maximum absolute atomic E-state index is 12.1. The van der Waals surface area contributed by atoms with E-state index in [1.807, 2.05) is 12.1 Å². The van der Waals surface area contributed by atoms with Crippen LogP contribution in [0.25, 0.3) is 0 Å². The largest absolute Gasteiger partial charge is 0.387 e. The number of benzene rings is 1. The first-order valence-electron chi connectivity index (χ1n) is 3.90. The Hall–Kier alpha value is -0.200. The van der Waals surface area contributed by atoms with Crippen LogP contribution in [-0.2, 0) is 0 Å². The number of aliphatic hydroxyl groups is 1. The monoisotopic (exact) mass is 295 g/mol. The zero-order chi connectivity index (χ0) is 9.84. The van der Waals surface area contributed by atoms with E-state index in [2.05, 4.69) is 22.6 Å². The van der Waals surface area contributed by atoms with E-state index in [0.29, 0.717) is 5.56 Å². The highest BCUT2D eigenvalue weighted by Crippen LogP contribution is 2.17. The molecule has 0 aromatic heterocycles. The Labute approximate surface area is 90.1 Å². The summed E-state index contributed by atoms with van der Waals surface area (Å²) in [6.07, 6.45) is -0.915. The van der Waals surface area contributed by atoms with Crippen LogP contribution in [0.15, 0.2) is 24.3 Å². The van der Waals surface area contributed by atoms with Crippen LogP contribution in [0.4, 0.5) is 4.39 Å². The number of nitrogens with two attached hydrogens (primary N) is 1. The van der Waals surface area contributed by atoms with Gasteiger partial charge in [-0.25, -0.2) is 4.39 Å². The summed E-state index contributed by atoms with van der Waals surface area (Å²) in [6, 6.07) is 6.37. The lowest BCUT2D eigenvalue weighted by Gasteiger charge is -2.15. The van der Waals surface area contributed by atoms with Crippen LogP contribution in [-0.4, -0.2) is 17.8 Å². The highest BCUT2D eigenvalue weighted by Gasteiger charge is 2.15. The summed E-state index contributed by atoms with van der Waals surface area (Å²) in [5.74, 6) is 0. The molecule has 1 rings (SSSR count). The molecule has 0 bridgehead atoms. The molecule has 1 aromatic carbocycles. The zero-order valence-electron chi connectivity index (χ0n) is 6.95. The summed E-state index contributed by atoms with van der Waals surface area (Å²) in [5, 5.41) is 9.51. The molecule has 2 atom stereocenters. The predicted octanol–water partition coefficient (Wildman–Crippen LogP) is 1.62. The van der Waals surface area contributed by atoms with Gasteiger partial charge in [0.2, 0.25) is 0 Å². The van der Waals surface area contributed by atoms with Crippen LogP contribution in [0, 0.1) is 3.57 Å². The fraction of sp³-hybridized carbons (Fsp3) is 0.333. The Bertz CT molecular complexity index is 265. The van der Waals surface area contributed by atoms with E-state index in [9.17, 15) is 9.50 Å². The van der Waals surface area contributed by atoms with E-state index in [4.69, 9.17) is 5.73 Å². The van der Waals surface area contributed by atoms with Crippen LogP contribution < -0.4 is 5.73 Å². The number of hydrogen-bond donors (Lipinski definition) is 2. The van der Waals surface area contributed by atoms with Gasteiger partial charge in [-0.3, -0.25) is 0 Å². The summed E-state index contributed by atoms with van der Waals surface area (Å²) in [4.78, 5) is 0. The molecular formula is C9H11FINO. The van der Waals surface area contributed by atoms with Gasteiger partial charge >= 0.3 is 0 Å². The summed E-state index contributed by atoms with van der Waals surface area (Å²) in [6.45, 7) is -0.715. The average Bonchev–Trinajstić information content (AvgIpc) is 2.17. The van der Waals surface area contributed by atoms with Crippen molar-refractivity contribution in [1.82, 2.24) is 0 Å². The lowest BCUT2D eigenvalue weighted by molar-refractivity contribution is 0.132. The molecule has 0 radical (unpaired) electrons. The average molecular weight is 295 g/mol. The number of aliphatic hydroxyl groups excluding tert-OH is 1. The lowest BCUT2D eigenvalue weighted by Crippen LogP contribution is -2.30. The summed E-state index contributed by atoms with van der Waals surface area (Å²) in [5.41, 5.74) is 6.02. The number of halogens is 2. The molecule has 0 saturated heterocycles. The highest BCUT2D eigenvalue weighted by atomic mass is 127. The molecule has 1 aromatic rings. The number of alkyl halides is 1. The van der Waals surface area contributed by atoms with Gasteiger partial charge < -0.3 is 10.8 Å². The van der Waals surface area contributed by atoms with Gasteiger partial charge in [-0.15, -0.1) is 0 Å². The van der Waals surface area contributed by atoms with Crippen LogP contribution in [0.5, 0.6) is 0 Å². The Morgan fingerprint density at radius 1 is 1.38 bits per heavy atom. The van der Waals surface area contributed by atoms with Gasteiger partial charge in [0.15, 0.2) is 0 Å². The highest BCUT2D eigenvalue weighted by molar-refractivity contribution is 14.1. The molecule has 0 aliphatic carbocycles. The third kappa shape index (κ3) is 2.89. The third-order valence-corrected chi connectivity index (χ3v) is 2.51. The predicted molar refractivity (Wildman–Crippen MR) is 58.1 cm³/mol. The van der Waals surface area contributed by atoms with Gasteiger partial charge in [-0.1, -0.05) is 12.1 Å². The van der Waals surface area contributed by atoms with Crippen molar-refractivity contribution in [1.29, 1.82) is 0 Å². The molecule has 0 heterocycles. The first-order chi connectivity index (χ1) is 6.15. The van der Waals surface area contributed by atoms with E-state index in [-0.39, 0.29) is 0 Å². The maximum Gasteiger partial charge on any atom is 0.107 e. The number of hydrogen-bond acceptors (Lipinski definition) is 2. The molecule has 4 heteroatoms. The minimum atomic E-state index is -0.915. The fourth-order valence-electron chi connectivity index (χ4n) is 0.992. The lowest BCUT2D eigenvalue weighted by atomic mass is 10.0. The van der Waals surface area contributed by atoms with Gasteiger partial charge in [0.1, 0.15) is 6.67 Å². The smallest absolute Gasteiger partial charge is 0.107 e. The Kier molecular flexibility index (Phi) is 4.08. The van der Waals surface area contributed by atoms with Gasteiger partial charge in [0.05, 0.1) is 12.1 Å². The van der Waals surface area contributed by atoms with Gasteiger partial charge in [0, 0.05) is 3.57 Å². The summed E-state index contributed by atoms with van der Waals surface area (Å²) < 4.78 is 13.2. The molecule has 72 valence electrons. The van der Waals surface area contributed by atoms with Crippen molar-refractivity contribution >= 4 is 22.6 Å². The summed E-state index contributed by atoms with van der Waals surface area (Å²) >= 11 is 2.16. The molecule has 13 heavy (non-hydrogen) atoms. The molecule has 2 nitrogen and oxygen atoms in total. The van der Waals surface area contributed by atoms with E-state index in [1.165, 1.54) is 0 Å². The van der Waals surface area contributed by atoms with Crippen molar-refractivity contribution in [2.45, 2.75) is 12.1 Å². The maximum atomic E-state index is 12.1. The van der Waals surface area contributed by atoms with Crippen molar-refractivity contribution in [2.75, 3.05) is 6.67 Å². The topological polar surface area (TPSA) is 46.2 Å². The standard InChI is InChI=1S/C9H11FINO/c10-5-8(12)9(13)6-1-3-7(11)4-2-6/h1-4,8-9,13H,5,12H2. The van der Waals surface area contributed by atoms with Crippen molar-refractivity contribution in [3.8, 4) is 0 Å². The minimum absolute atomic E-state index is 0.658. The van der Waals surface area contributed by atoms with E-state index < -0.39 is 18.8 Å². The molecule has 0 amide bonds. The second kappa shape index (κ2) is 4.88. The Morgan fingerprint density at radius 3 is 2.38 bits per heavy atom. The first-order valence-corrected chi connectivity index (χ1v) is 4.98. The minimum Gasteiger partial charge on any atom is -0.387 e. The van der Waals surface area contributed by atoms with Crippen molar-refractivity contribution < 1.29 is 9.50 Å². The summed E-state index contributed by atoms with van der Waals surface area (Å²) in [7, 11) is 0. The molecule has 0 fully saturated rings. The molecule has 0 saturated carbocycles. The van der Waals surface area contributed by atoms with Crippen LogP contribution in [0.1, 0.15) is 11.7 Å². The first kappa shape index (κ1) is 10.9. The van der Waals surface area contributed by atoms with E-state index in [1.54, 1.807) is 12.1 Å². The second-order valence-corrected chi connectivity index (χ2v) is 4.06. The molecule has 2 unspecified atom stereocenters. The van der Waals surface area contributed by atoms with Gasteiger partial charge in [-0.2, -0.15) is 0 Å². The molecule has 0 aliphatic heterocycles. The SMILES string of the molecule is NC(CF)C(O)c1ccc(I)cc1. The number of rotatable bonds is 3.